The number of nitrogens with zero attached hydrogens (tertiary/aromatic N) is 1. The summed E-state index contributed by atoms with van der Waals surface area (Å²) < 4.78 is 0. The van der Waals surface area contributed by atoms with Crippen LogP contribution < -0.4 is 10.7 Å². The van der Waals surface area contributed by atoms with E-state index in [9.17, 15) is 14.4 Å². The Morgan fingerprint density at radius 1 is 1.33 bits per heavy atom. The standard InChI is InChI=1S/C11H15N3O4/c15-9-4-3-8(13-14-9)10(16)12-7-2-1-6(5-7)11(17)18/h6-7H,1-5H2,(H,12,16)(H,14,15)(H,17,18)/t6-,7+/m1/s1. The molecule has 2 aliphatic rings. The third kappa shape index (κ3) is 2.85. The molecule has 1 heterocycles. The first-order valence-electron chi connectivity index (χ1n) is 5.95. The van der Waals surface area contributed by atoms with Crippen LogP contribution in [0, 0.1) is 5.92 Å². The van der Waals surface area contributed by atoms with Crippen LogP contribution in [-0.4, -0.2) is 34.6 Å². The predicted octanol–water partition coefficient (Wildman–Crippen LogP) is -0.378. The molecule has 1 saturated carbocycles. The van der Waals surface area contributed by atoms with Crippen LogP contribution in [0.2, 0.25) is 0 Å². The molecule has 0 radical (unpaired) electrons. The molecule has 18 heavy (non-hydrogen) atoms. The molecule has 2 atom stereocenters. The number of carboxylic acid groups (broad SMARTS) is 1. The number of carbonyl (C=O) groups is 3. The fourth-order valence-electron chi connectivity index (χ4n) is 2.24. The van der Waals surface area contributed by atoms with Crippen molar-refractivity contribution in [2.45, 2.75) is 38.1 Å². The van der Waals surface area contributed by atoms with E-state index in [-0.39, 0.29) is 30.2 Å². The predicted molar refractivity (Wildman–Crippen MR) is 61.7 cm³/mol. The molecule has 1 fully saturated rings. The molecule has 0 spiro atoms. The Morgan fingerprint density at radius 3 is 2.67 bits per heavy atom. The number of carboxylic acids is 1. The minimum atomic E-state index is -0.811. The summed E-state index contributed by atoms with van der Waals surface area (Å²) in [6, 6.07) is -0.112. The molecule has 98 valence electrons. The smallest absolute Gasteiger partial charge is 0.306 e. The van der Waals surface area contributed by atoms with Gasteiger partial charge in [-0.1, -0.05) is 0 Å². The fraction of sp³-hybridized carbons (Fsp3) is 0.636. The summed E-state index contributed by atoms with van der Waals surface area (Å²) in [6.07, 6.45) is 2.30. The second kappa shape index (κ2) is 5.16. The Balaban J connectivity index is 1.85. The summed E-state index contributed by atoms with van der Waals surface area (Å²) in [5.74, 6) is -1.69. The van der Waals surface area contributed by atoms with Crippen LogP contribution in [0.5, 0.6) is 0 Å². The second-order valence-corrected chi connectivity index (χ2v) is 4.61. The van der Waals surface area contributed by atoms with Crippen LogP contribution in [0.3, 0.4) is 0 Å². The summed E-state index contributed by atoms with van der Waals surface area (Å²) in [5.41, 5.74) is 2.56. The van der Waals surface area contributed by atoms with E-state index in [0.717, 1.165) is 0 Å². The zero-order valence-corrected chi connectivity index (χ0v) is 9.81. The quantitative estimate of drug-likeness (QED) is 0.637. The molecule has 1 aliphatic carbocycles. The molecule has 0 saturated heterocycles. The molecule has 0 bridgehead atoms. The molecule has 7 nitrogen and oxygen atoms in total. The summed E-state index contributed by atoms with van der Waals surface area (Å²) in [5, 5.41) is 15.3. The Labute approximate surface area is 104 Å². The van der Waals surface area contributed by atoms with E-state index in [1.54, 1.807) is 0 Å². The molecule has 1 aliphatic heterocycles. The molecule has 0 aromatic heterocycles. The van der Waals surface area contributed by atoms with Crippen LogP contribution in [0.25, 0.3) is 0 Å². The van der Waals surface area contributed by atoms with Gasteiger partial charge < -0.3 is 10.4 Å². The lowest BCUT2D eigenvalue weighted by molar-refractivity contribution is -0.141. The van der Waals surface area contributed by atoms with Gasteiger partial charge in [0.05, 0.1) is 5.92 Å². The van der Waals surface area contributed by atoms with Gasteiger partial charge in [0.1, 0.15) is 5.71 Å². The molecule has 2 amide bonds. The van der Waals surface area contributed by atoms with E-state index in [1.807, 2.05) is 0 Å². The minimum absolute atomic E-state index is 0.112. The topological polar surface area (TPSA) is 108 Å². The van der Waals surface area contributed by atoms with Gasteiger partial charge in [0.25, 0.3) is 5.91 Å². The van der Waals surface area contributed by atoms with E-state index in [0.29, 0.717) is 31.4 Å². The SMILES string of the molecule is O=C1CCC(C(=O)N[C@H]2CC[C@@H](C(=O)O)C2)=NN1. The molecule has 3 N–H and O–H groups in total. The molecular formula is C11H15N3O4. The van der Waals surface area contributed by atoms with E-state index in [2.05, 4.69) is 15.8 Å². The number of hydrogen-bond donors (Lipinski definition) is 3. The fourth-order valence-corrected chi connectivity index (χ4v) is 2.24. The number of carbonyl (C=O) groups excluding carboxylic acids is 2. The molecular weight excluding hydrogens is 238 g/mol. The number of rotatable bonds is 3. The Morgan fingerprint density at radius 2 is 2.11 bits per heavy atom. The number of hydrazone groups is 1. The first-order chi connectivity index (χ1) is 8.56. The maximum atomic E-state index is 11.8. The highest BCUT2D eigenvalue weighted by molar-refractivity contribution is 6.39. The van der Waals surface area contributed by atoms with Crippen molar-refractivity contribution in [2.24, 2.45) is 11.0 Å². The minimum Gasteiger partial charge on any atom is -0.481 e. The van der Waals surface area contributed by atoms with Crippen molar-refractivity contribution in [1.29, 1.82) is 0 Å². The summed E-state index contributed by atoms with van der Waals surface area (Å²) in [4.78, 5) is 33.5. The van der Waals surface area contributed by atoms with Crippen LogP contribution >= 0.6 is 0 Å². The Hall–Kier alpha value is -1.92. The lowest BCUT2D eigenvalue weighted by Gasteiger charge is -2.15. The third-order valence-corrected chi connectivity index (χ3v) is 3.28. The van der Waals surface area contributed by atoms with Crippen molar-refractivity contribution in [3.63, 3.8) is 0 Å². The Bertz CT molecular complexity index is 419. The molecule has 0 aromatic rings. The van der Waals surface area contributed by atoms with Crippen molar-refractivity contribution in [3.8, 4) is 0 Å². The maximum Gasteiger partial charge on any atom is 0.306 e. The van der Waals surface area contributed by atoms with Crippen molar-refractivity contribution >= 4 is 23.5 Å². The van der Waals surface area contributed by atoms with Crippen LogP contribution in [0.15, 0.2) is 5.10 Å². The summed E-state index contributed by atoms with van der Waals surface area (Å²) in [7, 11) is 0. The largest absolute Gasteiger partial charge is 0.481 e. The molecule has 0 unspecified atom stereocenters. The van der Waals surface area contributed by atoms with Gasteiger partial charge in [0.15, 0.2) is 0 Å². The van der Waals surface area contributed by atoms with Crippen molar-refractivity contribution in [2.75, 3.05) is 0 Å². The second-order valence-electron chi connectivity index (χ2n) is 4.61. The van der Waals surface area contributed by atoms with Gasteiger partial charge in [-0.05, 0) is 19.3 Å². The highest BCUT2D eigenvalue weighted by atomic mass is 16.4. The van der Waals surface area contributed by atoms with Gasteiger partial charge in [-0.25, -0.2) is 5.43 Å². The highest BCUT2D eigenvalue weighted by Gasteiger charge is 2.31. The average molecular weight is 253 g/mol. The Kier molecular flexibility index (Phi) is 3.59. The monoisotopic (exact) mass is 253 g/mol. The number of aliphatic carboxylic acids is 1. The van der Waals surface area contributed by atoms with Gasteiger partial charge in [0.2, 0.25) is 5.91 Å². The number of hydrogen-bond acceptors (Lipinski definition) is 4. The van der Waals surface area contributed by atoms with E-state index in [1.165, 1.54) is 0 Å². The average Bonchev–Trinajstić information content (AvgIpc) is 2.78. The van der Waals surface area contributed by atoms with E-state index >= 15 is 0 Å². The molecule has 0 aromatic carbocycles. The van der Waals surface area contributed by atoms with Gasteiger partial charge in [0, 0.05) is 18.9 Å². The van der Waals surface area contributed by atoms with Crippen molar-refractivity contribution < 1.29 is 19.5 Å². The first-order valence-corrected chi connectivity index (χ1v) is 5.95. The molecule has 7 heteroatoms. The van der Waals surface area contributed by atoms with Gasteiger partial charge in [-0.3, -0.25) is 14.4 Å². The van der Waals surface area contributed by atoms with E-state index in [4.69, 9.17) is 5.11 Å². The zero-order chi connectivity index (χ0) is 13.1. The zero-order valence-electron chi connectivity index (χ0n) is 9.81. The number of amides is 2. The highest BCUT2D eigenvalue weighted by Crippen LogP contribution is 2.25. The van der Waals surface area contributed by atoms with Crippen molar-refractivity contribution in [1.82, 2.24) is 10.7 Å². The van der Waals surface area contributed by atoms with E-state index < -0.39 is 5.97 Å². The normalized spacial score (nSPS) is 27.3. The maximum absolute atomic E-state index is 11.8. The van der Waals surface area contributed by atoms with Crippen LogP contribution in [0.4, 0.5) is 0 Å². The summed E-state index contributed by atoms with van der Waals surface area (Å²) in [6.45, 7) is 0. The van der Waals surface area contributed by atoms with Gasteiger partial charge in [-0.2, -0.15) is 5.10 Å². The molecule has 2 rings (SSSR count). The first kappa shape index (κ1) is 12.5. The van der Waals surface area contributed by atoms with Crippen LogP contribution in [0.1, 0.15) is 32.1 Å². The van der Waals surface area contributed by atoms with Crippen LogP contribution in [-0.2, 0) is 14.4 Å². The third-order valence-electron chi connectivity index (χ3n) is 3.28. The lowest BCUT2D eigenvalue weighted by Crippen LogP contribution is -2.41. The number of nitrogens with one attached hydrogen (secondary N) is 2. The van der Waals surface area contributed by atoms with Gasteiger partial charge in [-0.15, -0.1) is 0 Å². The lowest BCUT2D eigenvalue weighted by atomic mass is 10.1. The van der Waals surface area contributed by atoms with Crippen molar-refractivity contribution in [3.05, 3.63) is 0 Å². The van der Waals surface area contributed by atoms with Gasteiger partial charge >= 0.3 is 5.97 Å². The summed E-state index contributed by atoms with van der Waals surface area (Å²) >= 11 is 0.